The minimum atomic E-state index is -0.348. The van der Waals surface area contributed by atoms with Gasteiger partial charge in [-0.15, -0.1) is 0 Å². The number of piperazine rings is 1. The van der Waals surface area contributed by atoms with E-state index in [-0.39, 0.29) is 37.0 Å². The Morgan fingerprint density at radius 1 is 1.07 bits per heavy atom. The van der Waals surface area contributed by atoms with E-state index >= 15 is 0 Å². The van der Waals surface area contributed by atoms with Crippen molar-refractivity contribution in [2.45, 2.75) is 18.9 Å². The molecule has 1 aromatic carbocycles. The van der Waals surface area contributed by atoms with Crippen molar-refractivity contribution in [1.29, 1.82) is 0 Å². The lowest BCUT2D eigenvalue weighted by molar-refractivity contribution is -0.145. The third-order valence-corrected chi connectivity index (χ3v) is 4.70. The summed E-state index contributed by atoms with van der Waals surface area (Å²) in [5.41, 5.74) is 0. The van der Waals surface area contributed by atoms with Crippen LogP contribution in [0.4, 0.5) is 0 Å². The molecule has 2 heterocycles. The number of benzene rings is 1. The fourth-order valence-electron chi connectivity index (χ4n) is 3.15. The zero-order valence-electron chi connectivity index (χ0n) is 15.3. The van der Waals surface area contributed by atoms with Gasteiger partial charge in [-0.05, 0) is 25.0 Å². The molecule has 2 fully saturated rings. The van der Waals surface area contributed by atoms with Gasteiger partial charge in [0.15, 0.2) is 6.61 Å². The predicted octanol–water partition coefficient (Wildman–Crippen LogP) is 0.0314. The van der Waals surface area contributed by atoms with Crippen molar-refractivity contribution in [1.82, 2.24) is 15.1 Å². The van der Waals surface area contributed by atoms with E-state index in [2.05, 4.69) is 5.32 Å². The van der Waals surface area contributed by atoms with Crippen LogP contribution in [-0.4, -0.2) is 79.6 Å². The quantitative estimate of drug-likeness (QED) is 0.758. The molecule has 8 heteroatoms. The highest BCUT2D eigenvalue weighted by Gasteiger charge is 2.31. The van der Waals surface area contributed by atoms with E-state index in [0.29, 0.717) is 38.5 Å². The average molecular weight is 375 g/mol. The van der Waals surface area contributed by atoms with Gasteiger partial charge in [0, 0.05) is 32.8 Å². The lowest BCUT2D eigenvalue weighted by Gasteiger charge is -2.35. The molecule has 3 rings (SSSR count). The Morgan fingerprint density at radius 3 is 2.44 bits per heavy atom. The number of rotatable bonds is 6. The zero-order valence-corrected chi connectivity index (χ0v) is 15.3. The number of nitrogens with one attached hydrogen (secondary N) is 1. The van der Waals surface area contributed by atoms with Crippen molar-refractivity contribution in [3.8, 4) is 5.75 Å². The molecule has 8 nitrogen and oxygen atoms in total. The maximum absolute atomic E-state index is 12.3. The van der Waals surface area contributed by atoms with Gasteiger partial charge in [0.05, 0.1) is 6.54 Å². The second-order valence-corrected chi connectivity index (χ2v) is 6.59. The largest absolute Gasteiger partial charge is 0.484 e. The van der Waals surface area contributed by atoms with Crippen LogP contribution < -0.4 is 10.1 Å². The molecule has 146 valence electrons. The fourth-order valence-corrected chi connectivity index (χ4v) is 3.15. The number of carbonyl (C=O) groups excluding carboxylic acids is 3. The van der Waals surface area contributed by atoms with Gasteiger partial charge in [0.2, 0.25) is 5.91 Å². The van der Waals surface area contributed by atoms with Crippen LogP contribution in [0.2, 0.25) is 0 Å². The summed E-state index contributed by atoms with van der Waals surface area (Å²) in [5, 5.41) is 2.57. The van der Waals surface area contributed by atoms with Crippen molar-refractivity contribution in [3.05, 3.63) is 30.3 Å². The minimum Gasteiger partial charge on any atom is -0.484 e. The Hall–Kier alpha value is -2.61. The van der Waals surface area contributed by atoms with E-state index < -0.39 is 0 Å². The third kappa shape index (κ3) is 5.43. The molecule has 0 radical (unpaired) electrons. The van der Waals surface area contributed by atoms with E-state index in [1.54, 1.807) is 21.9 Å². The Morgan fingerprint density at radius 2 is 1.78 bits per heavy atom. The van der Waals surface area contributed by atoms with Gasteiger partial charge in [-0.1, -0.05) is 18.2 Å². The van der Waals surface area contributed by atoms with E-state index in [1.165, 1.54) is 0 Å². The number of amides is 3. The summed E-state index contributed by atoms with van der Waals surface area (Å²) in [4.78, 5) is 39.8. The Balaban J connectivity index is 1.34. The summed E-state index contributed by atoms with van der Waals surface area (Å²) < 4.78 is 10.8. The molecule has 2 saturated heterocycles. The first-order chi connectivity index (χ1) is 13.1. The SMILES string of the molecule is O=C(COc1ccccc1)NCC(=O)N1CCN(C(=O)C2CCCO2)CC1. The summed E-state index contributed by atoms with van der Waals surface area (Å²) in [5.74, 6) is 0.114. The van der Waals surface area contributed by atoms with Crippen molar-refractivity contribution in [2.75, 3.05) is 45.9 Å². The number of hydrogen-bond acceptors (Lipinski definition) is 5. The van der Waals surface area contributed by atoms with E-state index in [1.807, 2.05) is 18.2 Å². The van der Waals surface area contributed by atoms with Gasteiger partial charge in [-0.2, -0.15) is 0 Å². The molecule has 1 aromatic rings. The van der Waals surface area contributed by atoms with Crippen LogP contribution in [-0.2, 0) is 19.1 Å². The van der Waals surface area contributed by atoms with Gasteiger partial charge >= 0.3 is 0 Å². The third-order valence-electron chi connectivity index (χ3n) is 4.70. The normalized spacial score (nSPS) is 19.6. The van der Waals surface area contributed by atoms with E-state index in [0.717, 1.165) is 12.8 Å². The molecule has 0 spiro atoms. The van der Waals surface area contributed by atoms with Crippen LogP contribution in [0, 0.1) is 0 Å². The smallest absolute Gasteiger partial charge is 0.258 e. The molecule has 0 bridgehead atoms. The highest BCUT2D eigenvalue weighted by atomic mass is 16.5. The average Bonchev–Trinajstić information content (AvgIpc) is 3.25. The van der Waals surface area contributed by atoms with Crippen LogP contribution in [0.25, 0.3) is 0 Å². The Kier molecular flexibility index (Phi) is 6.64. The molecule has 0 aliphatic carbocycles. The van der Waals surface area contributed by atoms with Crippen molar-refractivity contribution < 1.29 is 23.9 Å². The Bertz CT molecular complexity index is 653. The lowest BCUT2D eigenvalue weighted by Crippen LogP contribution is -2.54. The standard InChI is InChI=1S/C19H25N3O5/c23-17(14-27-15-5-2-1-3-6-15)20-13-18(24)21-8-10-22(11-9-21)19(25)16-7-4-12-26-16/h1-3,5-6,16H,4,7-14H2,(H,20,23). The monoisotopic (exact) mass is 375 g/mol. The van der Waals surface area contributed by atoms with Crippen LogP contribution >= 0.6 is 0 Å². The minimum absolute atomic E-state index is 0.0194. The number of carbonyl (C=O) groups is 3. The molecule has 1 N–H and O–H groups in total. The van der Waals surface area contributed by atoms with Gasteiger partial charge < -0.3 is 24.6 Å². The molecule has 0 aromatic heterocycles. The highest BCUT2D eigenvalue weighted by molar-refractivity contribution is 5.86. The lowest BCUT2D eigenvalue weighted by atomic mass is 10.2. The highest BCUT2D eigenvalue weighted by Crippen LogP contribution is 2.16. The molecule has 3 amide bonds. The second kappa shape index (κ2) is 9.36. The second-order valence-electron chi connectivity index (χ2n) is 6.59. The number of nitrogens with zero attached hydrogens (tertiary/aromatic N) is 2. The molecule has 27 heavy (non-hydrogen) atoms. The zero-order chi connectivity index (χ0) is 19.1. The number of para-hydroxylation sites is 1. The molecule has 2 aliphatic rings. The first kappa shape index (κ1) is 19.2. The van der Waals surface area contributed by atoms with Crippen LogP contribution in [0.5, 0.6) is 5.75 Å². The molecule has 2 aliphatic heterocycles. The number of hydrogen-bond donors (Lipinski definition) is 1. The van der Waals surface area contributed by atoms with Gasteiger partial charge in [0.25, 0.3) is 11.8 Å². The summed E-state index contributed by atoms with van der Waals surface area (Å²) in [6.07, 6.45) is 1.37. The van der Waals surface area contributed by atoms with Gasteiger partial charge in [0.1, 0.15) is 11.9 Å². The first-order valence-corrected chi connectivity index (χ1v) is 9.26. The molecule has 0 saturated carbocycles. The maximum atomic E-state index is 12.3. The van der Waals surface area contributed by atoms with Crippen LogP contribution in [0.3, 0.4) is 0 Å². The summed E-state index contributed by atoms with van der Waals surface area (Å²) >= 11 is 0. The van der Waals surface area contributed by atoms with E-state index in [4.69, 9.17) is 9.47 Å². The first-order valence-electron chi connectivity index (χ1n) is 9.26. The van der Waals surface area contributed by atoms with Crippen LogP contribution in [0.15, 0.2) is 30.3 Å². The molecule has 1 unspecified atom stereocenters. The van der Waals surface area contributed by atoms with Crippen LogP contribution in [0.1, 0.15) is 12.8 Å². The molecule has 1 atom stereocenters. The summed E-state index contributed by atoms with van der Waals surface area (Å²) in [6, 6.07) is 9.02. The number of ether oxygens (including phenoxy) is 2. The summed E-state index contributed by atoms with van der Waals surface area (Å²) in [7, 11) is 0. The predicted molar refractivity (Wildman–Crippen MR) is 97.1 cm³/mol. The molecular weight excluding hydrogens is 350 g/mol. The van der Waals surface area contributed by atoms with E-state index in [9.17, 15) is 14.4 Å². The topological polar surface area (TPSA) is 88.2 Å². The van der Waals surface area contributed by atoms with Crippen molar-refractivity contribution >= 4 is 17.7 Å². The van der Waals surface area contributed by atoms with Gasteiger partial charge in [-0.25, -0.2) is 0 Å². The summed E-state index contributed by atoms with van der Waals surface area (Å²) in [6.45, 7) is 2.35. The maximum Gasteiger partial charge on any atom is 0.258 e. The molecular formula is C19H25N3O5. The fraction of sp³-hybridized carbons (Fsp3) is 0.526. The Labute approximate surface area is 158 Å². The van der Waals surface area contributed by atoms with Crippen molar-refractivity contribution in [2.24, 2.45) is 0 Å². The van der Waals surface area contributed by atoms with Crippen molar-refractivity contribution in [3.63, 3.8) is 0 Å². The van der Waals surface area contributed by atoms with Gasteiger partial charge in [-0.3, -0.25) is 14.4 Å².